The number of nitrogens with zero attached hydrogens (tertiary/aromatic N) is 2. The Morgan fingerprint density at radius 2 is 1.71 bits per heavy atom. The van der Waals surface area contributed by atoms with Crippen LogP contribution in [0.25, 0.3) is 5.70 Å². The molecule has 0 saturated carbocycles. The van der Waals surface area contributed by atoms with Crippen LogP contribution in [0.2, 0.25) is 5.02 Å². The number of nitrogens with one attached hydrogen (secondary N) is 1. The largest absolute Gasteiger partial charge is 0.479 e. The minimum Gasteiger partial charge on any atom is -0.479 e. The van der Waals surface area contributed by atoms with Crippen molar-refractivity contribution >= 4 is 34.9 Å². The number of halogens is 1. The van der Waals surface area contributed by atoms with Crippen LogP contribution < -0.4 is 5.32 Å². The van der Waals surface area contributed by atoms with Gasteiger partial charge in [-0.25, -0.2) is 0 Å². The van der Waals surface area contributed by atoms with E-state index in [9.17, 15) is 9.90 Å². The molecule has 0 fully saturated rings. The van der Waals surface area contributed by atoms with Crippen LogP contribution in [-0.4, -0.2) is 22.7 Å². The van der Waals surface area contributed by atoms with E-state index in [0.29, 0.717) is 29.6 Å². The van der Waals surface area contributed by atoms with Gasteiger partial charge < -0.3 is 10.4 Å². The summed E-state index contributed by atoms with van der Waals surface area (Å²) in [5.74, 6) is 0.576. The third-order valence-corrected chi connectivity index (χ3v) is 6.27. The molecule has 2 N–H and O–H groups in total. The predicted molar refractivity (Wildman–Crippen MR) is 146 cm³/mol. The molecule has 1 aliphatic heterocycles. The van der Waals surface area contributed by atoms with Gasteiger partial charge in [0.2, 0.25) is 5.91 Å². The van der Waals surface area contributed by atoms with Crippen LogP contribution in [-0.2, 0) is 17.8 Å². The highest BCUT2D eigenvalue weighted by Crippen LogP contribution is 2.32. The summed E-state index contributed by atoms with van der Waals surface area (Å²) in [7, 11) is 0. The lowest BCUT2D eigenvalue weighted by atomic mass is 9.95. The van der Waals surface area contributed by atoms with E-state index in [0.717, 1.165) is 40.8 Å². The molecule has 0 radical (unpaired) electrons. The van der Waals surface area contributed by atoms with Gasteiger partial charge in [-0.2, -0.15) is 9.98 Å². The third-order valence-electron chi connectivity index (χ3n) is 5.94. The Balaban J connectivity index is 1.86. The zero-order valence-electron chi connectivity index (χ0n) is 21.6. The van der Waals surface area contributed by atoms with Gasteiger partial charge in [0, 0.05) is 22.5 Å². The molecule has 0 aromatic heterocycles. The molecule has 3 rings (SSSR count). The Bertz CT molecular complexity index is 1170. The molecule has 35 heavy (non-hydrogen) atoms. The van der Waals surface area contributed by atoms with E-state index in [2.05, 4.69) is 53.4 Å². The molecule has 2 aromatic carbocycles. The third kappa shape index (κ3) is 7.28. The highest BCUT2D eigenvalue weighted by Gasteiger charge is 2.21. The summed E-state index contributed by atoms with van der Waals surface area (Å²) in [6, 6.07) is 13.7. The van der Waals surface area contributed by atoms with Crippen LogP contribution in [0.5, 0.6) is 0 Å². The minimum absolute atomic E-state index is 0.0230. The van der Waals surface area contributed by atoms with E-state index in [1.807, 2.05) is 39.8 Å². The van der Waals surface area contributed by atoms with Gasteiger partial charge in [-0.1, -0.05) is 76.6 Å². The second-order valence-electron chi connectivity index (χ2n) is 10.6. The molecule has 0 bridgehead atoms. The van der Waals surface area contributed by atoms with Crippen molar-refractivity contribution in [3.05, 3.63) is 75.3 Å². The van der Waals surface area contributed by atoms with Gasteiger partial charge in [-0.15, -0.1) is 0 Å². The lowest BCUT2D eigenvalue weighted by Crippen LogP contribution is -2.34. The van der Waals surface area contributed by atoms with Crippen molar-refractivity contribution in [2.24, 2.45) is 21.3 Å². The molecule has 186 valence electrons. The van der Waals surface area contributed by atoms with Crippen molar-refractivity contribution in [3.8, 4) is 0 Å². The molecule has 0 atom stereocenters. The van der Waals surface area contributed by atoms with Crippen molar-refractivity contribution in [1.29, 1.82) is 0 Å². The van der Waals surface area contributed by atoms with Gasteiger partial charge >= 0.3 is 6.02 Å². The van der Waals surface area contributed by atoms with Gasteiger partial charge in [0.15, 0.2) is 0 Å². The number of carbonyl (C=O) groups is 1. The first-order valence-electron chi connectivity index (χ1n) is 12.2. The van der Waals surface area contributed by atoms with Gasteiger partial charge in [-0.05, 0) is 66.5 Å². The van der Waals surface area contributed by atoms with Crippen LogP contribution in [0, 0.1) is 11.3 Å². The number of aliphatic hydroxyl groups excluding tert-OH is 1. The normalized spacial score (nSPS) is 19.9. The predicted octanol–water partition coefficient (Wildman–Crippen LogP) is 7.13. The molecular weight excluding hydrogens is 458 g/mol. The van der Waals surface area contributed by atoms with Crippen LogP contribution >= 0.6 is 11.6 Å². The summed E-state index contributed by atoms with van der Waals surface area (Å²) in [6.45, 7) is 12.4. The number of allylic oxidation sites excluding steroid dienone is 1. The molecule has 0 saturated heterocycles. The number of hydrogen-bond donors (Lipinski definition) is 2. The standard InChI is InChI=1S/C29H36ClN3O2/c1-18(2)15-20-8-11-22(12-9-20)25-14-7-19(3)26(33-28(35)32-25)23-16-21(10-13-24(23)30)17-31-27(34)29(4,5)6/h8-13,16,18H,7,14-15,17H2,1-6H3,(H,31,34)(H,33,35)/b26-19+,32-25+. The van der Waals surface area contributed by atoms with Crippen molar-refractivity contribution < 1.29 is 9.90 Å². The summed E-state index contributed by atoms with van der Waals surface area (Å²) in [5.41, 5.74) is 5.88. The summed E-state index contributed by atoms with van der Waals surface area (Å²) >= 11 is 6.54. The Hall–Kier alpha value is -2.92. The van der Waals surface area contributed by atoms with Gasteiger partial charge in [0.25, 0.3) is 0 Å². The van der Waals surface area contributed by atoms with Crippen molar-refractivity contribution in [3.63, 3.8) is 0 Å². The maximum Gasteiger partial charge on any atom is 0.314 e. The number of benzene rings is 2. The maximum absolute atomic E-state index is 12.3. The number of aliphatic hydroxyl groups is 1. The zero-order valence-corrected chi connectivity index (χ0v) is 22.3. The molecule has 2 aromatic rings. The Morgan fingerprint density at radius 3 is 2.34 bits per heavy atom. The van der Waals surface area contributed by atoms with Gasteiger partial charge in [0.05, 0.1) is 11.4 Å². The molecule has 0 aliphatic carbocycles. The van der Waals surface area contributed by atoms with Crippen LogP contribution in [0.3, 0.4) is 0 Å². The van der Waals surface area contributed by atoms with Crippen molar-refractivity contribution in [2.45, 2.75) is 67.3 Å². The molecule has 1 amide bonds. The summed E-state index contributed by atoms with van der Waals surface area (Å²) < 4.78 is 0. The number of carbonyl (C=O) groups excluding carboxylic acids is 1. The molecular formula is C29H36ClN3O2. The number of amides is 1. The first-order chi connectivity index (χ1) is 16.4. The van der Waals surface area contributed by atoms with Crippen molar-refractivity contribution in [1.82, 2.24) is 5.32 Å². The summed E-state index contributed by atoms with van der Waals surface area (Å²) in [5, 5.41) is 14.1. The zero-order chi connectivity index (χ0) is 25.8. The fourth-order valence-corrected chi connectivity index (χ4v) is 4.14. The van der Waals surface area contributed by atoms with E-state index in [4.69, 9.17) is 11.6 Å². The van der Waals surface area contributed by atoms with Crippen LogP contribution in [0.1, 0.15) is 76.6 Å². The van der Waals surface area contributed by atoms with E-state index >= 15 is 0 Å². The number of amidine groups is 1. The fraction of sp³-hybridized carbons (Fsp3) is 0.414. The fourth-order valence-electron chi connectivity index (χ4n) is 3.94. The van der Waals surface area contributed by atoms with Crippen LogP contribution in [0.15, 0.2) is 58.0 Å². The second kappa shape index (κ2) is 11.2. The molecule has 5 nitrogen and oxygen atoms in total. The molecule has 0 unspecified atom stereocenters. The molecule has 0 spiro atoms. The van der Waals surface area contributed by atoms with E-state index in [1.54, 1.807) is 6.07 Å². The Kier molecular flexibility index (Phi) is 8.55. The SMILES string of the molecule is C\C1=C(c2cc(CNC(=O)C(C)(C)C)ccc2Cl)/N=C(O)\N=C(\c2ccc(CC(C)C)cc2)CC1. The Labute approximate surface area is 214 Å². The second-order valence-corrected chi connectivity index (χ2v) is 11.0. The highest BCUT2D eigenvalue weighted by molar-refractivity contribution is 6.32. The highest BCUT2D eigenvalue weighted by atomic mass is 35.5. The monoisotopic (exact) mass is 493 g/mol. The first-order valence-corrected chi connectivity index (χ1v) is 12.5. The van der Waals surface area contributed by atoms with Gasteiger partial charge in [0.1, 0.15) is 0 Å². The van der Waals surface area contributed by atoms with E-state index < -0.39 is 5.41 Å². The van der Waals surface area contributed by atoms with E-state index in [1.165, 1.54) is 5.56 Å². The minimum atomic E-state index is -0.464. The van der Waals surface area contributed by atoms with Crippen molar-refractivity contribution in [2.75, 3.05) is 0 Å². The lowest BCUT2D eigenvalue weighted by Gasteiger charge is -2.18. The maximum atomic E-state index is 12.3. The number of rotatable bonds is 6. The smallest absolute Gasteiger partial charge is 0.314 e. The molecule has 1 aliphatic rings. The first kappa shape index (κ1) is 26.7. The average molecular weight is 494 g/mol. The lowest BCUT2D eigenvalue weighted by molar-refractivity contribution is -0.128. The quantitative estimate of drug-likeness (QED) is 0.449. The topological polar surface area (TPSA) is 74.0 Å². The van der Waals surface area contributed by atoms with E-state index in [-0.39, 0.29) is 11.9 Å². The van der Waals surface area contributed by atoms with Crippen LogP contribution in [0.4, 0.5) is 0 Å². The summed E-state index contributed by atoms with van der Waals surface area (Å²) in [6.07, 6.45) is 2.45. The summed E-state index contributed by atoms with van der Waals surface area (Å²) in [4.78, 5) is 21.1. The average Bonchev–Trinajstić information content (AvgIpc) is 2.78. The number of hydrogen-bond acceptors (Lipinski definition) is 3. The van der Waals surface area contributed by atoms with Gasteiger partial charge in [-0.3, -0.25) is 4.79 Å². The molecule has 1 heterocycles. The Morgan fingerprint density at radius 1 is 1.06 bits per heavy atom. The molecule has 6 heteroatoms. The number of aliphatic imine (C=N–C) groups is 2.